The van der Waals surface area contributed by atoms with Crippen LogP contribution >= 0.6 is 0 Å². The Hall–Kier alpha value is -1.28. The van der Waals surface area contributed by atoms with E-state index in [0.717, 1.165) is 5.69 Å². The molecular formula is C11H18F3N5. The van der Waals surface area contributed by atoms with E-state index in [-0.39, 0.29) is 13.1 Å². The summed E-state index contributed by atoms with van der Waals surface area (Å²) in [5.74, 6) is 0. The van der Waals surface area contributed by atoms with Crippen LogP contribution in [0.1, 0.15) is 6.42 Å². The quantitative estimate of drug-likeness (QED) is 0.856. The Morgan fingerprint density at radius 2 is 2.26 bits per heavy atom. The molecule has 1 aromatic heterocycles. The Morgan fingerprint density at radius 3 is 2.79 bits per heavy atom. The van der Waals surface area contributed by atoms with Gasteiger partial charge in [-0.2, -0.15) is 18.3 Å². The zero-order valence-corrected chi connectivity index (χ0v) is 10.7. The fraction of sp³-hybridized carbons (Fsp3) is 0.727. The number of nitrogens with two attached hydrogens (primary N) is 1. The highest BCUT2D eigenvalue weighted by atomic mass is 19.4. The lowest BCUT2D eigenvalue weighted by molar-refractivity contribution is -0.144. The van der Waals surface area contributed by atoms with Gasteiger partial charge in [-0.05, 0) is 6.42 Å². The third kappa shape index (κ3) is 3.01. The summed E-state index contributed by atoms with van der Waals surface area (Å²) in [4.78, 5) is 1.38. The highest BCUT2D eigenvalue weighted by Gasteiger charge is 2.43. The van der Waals surface area contributed by atoms with Gasteiger partial charge in [-0.1, -0.05) is 0 Å². The van der Waals surface area contributed by atoms with Crippen LogP contribution in [0, 0.1) is 0 Å². The van der Waals surface area contributed by atoms with E-state index in [2.05, 4.69) is 10.4 Å². The normalized spacial score (nSPS) is 24.9. The molecule has 1 saturated heterocycles. The molecule has 2 rings (SSSR count). The van der Waals surface area contributed by atoms with Crippen LogP contribution in [0.15, 0.2) is 12.4 Å². The molecule has 8 heteroatoms. The van der Waals surface area contributed by atoms with Gasteiger partial charge >= 0.3 is 6.18 Å². The Balaban J connectivity index is 2.12. The Morgan fingerprint density at radius 1 is 1.53 bits per heavy atom. The van der Waals surface area contributed by atoms with Gasteiger partial charge in [0.1, 0.15) is 0 Å². The largest absolute Gasteiger partial charge is 0.401 e. The molecule has 0 bridgehead atoms. The van der Waals surface area contributed by atoms with E-state index in [9.17, 15) is 13.2 Å². The summed E-state index contributed by atoms with van der Waals surface area (Å²) < 4.78 is 38.9. The molecule has 0 aliphatic carbocycles. The number of nitrogens with zero attached hydrogens (tertiary/aromatic N) is 3. The molecule has 0 spiro atoms. The molecule has 1 fully saturated rings. The summed E-state index contributed by atoms with van der Waals surface area (Å²) in [5, 5.41) is 7.15. The SMILES string of the molecule is CNc1cnn(C2(CN)CCN(CC(F)(F)F)C2)c1. The van der Waals surface area contributed by atoms with Gasteiger partial charge in [0.25, 0.3) is 0 Å². The topological polar surface area (TPSA) is 59.1 Å². The van der Waals surface area contributed by atoms with E-state index in [4.69, 9.17) is 5.73 Å². The molecule has 1 atom stereocenters. The van der Waals surface area contributed by atoms with Gasteiger partial charge in [0.15, 0.2) is 0 Å². The van der Waals surface area contributed by atoms with Crippen LogP contribution in [-0.4, -0.2) is 54.1 Å². The molecule has 0 radical (unpaired) electrons. The molecule has 1 aliphatic heterocycles. The standard InChI is InChI=1S/C11H18F3N5/c1-16-9-4-17-19(5-9)10(6-15)2-3-18(7-10)8-11(12,13)14/h4-5,16H,2-3,6-8,15H2,1H3. The first kappa shape index (κ1) is 14.1. The summed E-state index contributed by atoms with van der Waals surface area (Å²) in [7, 11) is 1.76. The van der Waals surface area contributed by atoms with Crippen molar-refractivity contribution in [2.75, 3.05) is 38.5 Å². The fourth-order valence-corrected chi connectivity index (χ4v) is 2.49. The van der Waals surface area contributed by atoms with Crippen molar-refractivity contribution in [1.82, 2.24) is 14.7 Å². The summed E-state index contributed by atoms with van der Waals surface area (Å²) in [6.45, 7) is 0.0282. The zero-order valence-electron chi connectivity index (χ0n) is 10.7. The van der Waals surface area contributed by atoms with Crippen molar-refractivity contribution >= 4 is 5.69 Å². The van der Waals surface area contributed by atoms with E-state index in [1.54, 1.807) is 24.1 Å². The first-order valence-electron chi connectivity index (χ1n) is 6.11. The second kappa shape index (κ2) is 5.01. The van der Waals surface area contributed by atoms with E-state index in [1.165, 1.54) is 4.90 Å². The van der Waals surface area contributed by atoms with Gasteiger partial charge in [0.2, 0.25) is 0 Å². The molecule has 19 heavy (non-hydrogen) atoms. The van der Waals surface area contributed by atoms with Crippen molar-refractivity contribution in [2.45, 2.75) is 18.1 Å². The van der Waals surface area contributed by atoms with Crippen molar-refractivity contribution in [1.29, 1.82) is 0 Å². The maximum atomic E-state index is 12.4. The third-order valence-electron chi connectivity index (χ3n) is 3.55. The molecule has 1 aliphatic rings. The van der Waals surface area contributed by atoms with Crippen LogP contribution in [0.3, 0.4) is 0 Å². The van der Waals surface area contributed by atoms with E-state index in [0.29, 0.717) is 13.0 Å². The van der Waals surface area contributed by atoms with Gasteiger partial charge in [-0.25, -0.2) is 0 Å². The molecule has 5 nitrogen and oxygen atoms in total. The van der Waals surface area contributed by atoms with Gasteiger partial charge in [-0.3, -0.25) is 9.58 Å². The number of alkyl halides is 3. The lowest BCUT2D eigenvalue weighted by atomic mass is 9.99. The number of likely N-dealkylation sites (tertiary alicyclic amines) is 1. The molecule has 108 valence electrons. The molecule has 1 aromatic rings. The molecule has 0 saturated carbocycles. The number of nitrogens with one attached hydrogen (secondary N) is 1. The van der Waals surface area contributed by atoms with E-state index < -0.39 is 18.3 Å². The summed E-state index contributed by atoms with van der Waals surface area (Å²) >= 11 is 0. The van der Waals surface area contributed by atoms with Crippen LogP contribution in [-0.2, 0) is 5.54 Å². The first-order valence-corrected chi connectivity index (χ1v) is 6.11. The second-order valence-corrected chi connectivity index (χ2v) is 4.93. The van der Waals surface area contributed by atoms with Crippen LogP contribution < -0.4 is 11.1 Å². The Labute approximate surface area is 109 Å². The fourth-order valence-electron chi connectivity index (χ4n) is 2.49. The molecule has 1 unspecified atom stereocenters. The zero-order chi connectivity index (χ0) is 14.1. The van der Waals surface area contributed by atoms with Crippen molar-refractivity contribution in [2.24, 2.45) is 5.73 Å². The smallest absolute Gasteiger partial charge is 0.386 e. The molecule has 2 heterocycles. The number of halogens is 3. The summed E-state index contributed by atoms with van der Waals surface area (Å²) in [6.07, 6.45) is -0.177. The van der Waals surface area contributed by atoms with Crippen LogP contribution in [0.2, 0.25) is 0 Å². The van der Waals surface area contributed by atoms with Crippen molar-refractivity contribution in [3.8, 4) is 0 Å². The second-order valence-electron chi connectivity index (χ2n) is 4.93. The third-order valence-corrected chi connectivity index (χ3v) is 3.55. The number of rotatable bonds is 4. The van der Waals surface area contributed by atoms with Crippen LogP contribution in [0.5, 0.6) is 0 Å². The van der Waals surface area contributed by atoms with Gasteiger partial charge in [0.05, 0.1) is 24.0 Å². The highest BCUT2D eigenvalue weighted by molar-refractivity contribution is 5.37. The average molecular weight is 277 g/mol. The molecule has 0 aromatic carbocycles. The van der Waals surface area contributed by atoms with Crippen molar-refractivity contribution < 1.29 is 13.2 Å². The van der Waals surface area contributed by atoms with E-state index >= 15 is 0 Å². The van der Waals surface area contributed by atoms with Gasteiger partial charge < -0.3 is 11.1 Å². The number of hydrogen-bond donors (Lipinski definition) is 2. The first-order chi connectivity index (χ1) is 8.88. The maximum absolute atomic E-state index is 12.4. The minimum Gasteiger partial charge on any atom is -0.386 e. The number of aromatic nitrogens is 2. The Kier molecular flexibility index (Phi) is 3.73. The van der Waals surface area contributed by atoms with Gasteiger partial charge in [-0.15, -0.1) is 0 Å². The highest BCUT2D eigenvalue weighted by Crippen LogP contribution is 2.30. The molecule has 3 N–H and O–H groups in total. The van der Waals surface area contributed by atoms with Crippen molar-refractivity contribution in [3.05, 3.63) is 12.4 Å². The Bertz CT molecular complexity index is 430. The van der Waals surface area contributed by atoms with Crippen molar-refractivity contribution in [3.63, 3.8) is 0 Å². The maximum Gasteiger partial charge on any atom is 0.401 e. The predicted molar refractivity (Wildman–Crippen MR) is 65.9 cm³/mol. The lowest BCUT2D eigenvalue weighted by Gasteiger charge is -2.28. The average Bonchev–Trinajstić information content (AvgIpc) is 2.93. The number of anilines is 1. The molecule has 0 amide bonds. The monoisotopic (exact) mass is 277 g/mol. The molecular weight excluding hydrogens is 259 g/mol. The summed E-state index contributed by atoms with van der Waals surface area (Å²) in [6, 6.07) is 0. The van der Waals surface area contributed by atoms with E-state index in [1.807, 2.05) is 0 Å². The predicted octanol–water partition coefficient (Wildman–Crippen LogP) is 0.847. The minimum absolute atomic E-state index is 0.270. The van der Waals surface area contributed by atoms with Crippen LogP contribution in [0.25, 0.3) is 0 Å². The summed E-state index contributed by atoms with van der Waals surface area (Å²) in [5.41, 5.74) is 6.07. The van der Waals surface area contributed by atoms with Crippen LogP contribution in [0.4, 0.5) is 18.9 Å². The lowest BCUT2D eigenvalue weighted by Crippen LogP contribution is -2.45. The minimum atomic E-state index is -4.18. The van der Waals surface area contributed by atoms with Gasteiger partial charge in [0, 0.05) is 32.9 Å². The number of hydrogen-bond acceptors (Lipinski definition) is 4.